The average molecular weight is 411 g/mol. The number of hydrogen-bond acceptors (Lipinski definition) is 8. The summed E-state index contributed by atoms with van der Waals surface area (Å²) in [5.74, 6) is -0.226. The number of anilines is 2. The predicted octanol–water partition coefficient (Wildman–Crippen LogP) is 2.31. The van der Waals surface area contributed by atoms with Crippen molar-refractivity contribution in [2.45, 2.75) is 13.5 Å². The standard InChI is InChI=1S/C20H21N5O5/c1-4-30-20(28)24-16-9-15-17(18(26)23-16)22-13(10-21-15)11-25(2)14-7-5-12(6-8-14)19(27)29-3/h5-10H,4,11H2,1-3H3,(H2,23,24,26,28). The second-order valence-electron chi connectivity index (χ2n) is 6.35. The fourth-order valence-corrected chi connectivity index (χ4v) is 2.79. The van der Waals surface area contributed by atoms with Gasteiger partial charge in [0.2, 0.25) is 0 Å². The zero-order chi connectivity index (χ0) is 21.7. The van der Waals surface area contributed by atoms with E-state index in [1.54, 1.807) is 37.4 Å². The summed E-state index contributed by atoms with van der Waals surface area (Å²) in [6, 6.07) is 8.44. The van der Waals surface area contributed by atoms with Gasteiger partial charge in [-0.05, 0) is 31.2 Å². The van der Waals surface area contributed by atoms with Crippen molar-refractivity contribution in [3.63, 3.8) is 0 Å². The summed E-state index contributed by atoms with van der Waals surface area (Å²) in [7, 11) is 3.19. The number of hydrogen-bond donors (Lipinski definition) is 2. The molecule has 1 aromatic carbocycles. The van der Waals surface area contributed by atoms with Crippen molar-refractivity contribution in [1.82, 2.24) is 15.0 Å². The van der Waals surface area contributed by atoms with Crippen molar-refractivity contribution in [1.29, 1.82) is 0 Å². The Labute approximate surface area is 171 Å². The monoisotopic (exact) mass is 411 g/mol. The minimum atomic E-state index is -0.670. The number of ether oxygens (including phenoxy) is 2. The molecule has 10 heteroatoms. The molecule has 10 nitrogen and oxygen atoms in total. The van der Waals surface area contributed by atoms with E-state index in [9.17, 15) is 14.4 Å². The zero-order valence-electron chi connectivity index (χ0n) is 16.8. The normalized spacial score (nSPS) is 10.5. The van der Waals surface area contributed by atoms with Gasteiger partial charge in [-0.15, -0.1) is 0 Å². The summed E-state index contributed by atoms with van der Waals surface area (Å²) < 4.78 is 9.48. The average Bonchev–Trinajstić information content (AvgIpc) is 2.74. The van der Waals surface area contributed by atoms with Crippen LogP contribution in [0.25, 0.3) is 11.0 Å². The van der Waals surface area contributed by atoms with Crippen molar-refractivity contribution in [2.24, 2.45) is 0 Å². The molecule has 3 aromatic rings. The Balaban J connectivity index is 1.78. The summed E-state index contributed by atoms with van der Waals surface area (Å²) in [5.41, 5.74) is 1.93. The van der Waals surface area contributed by atoms with E-state index in [4.69, 9.17) is 9.47 Å². The molecule has 2 N–H and O–H groups in total. The number of esters is 1. The lowest BCUT2D eigenvalue weighted by Gasteiger charge is -2.19. The Morgan fingerprint density at radius 3 is 2.63 bits per heavy atom. The first kappa shape index (κ1) is 20.8. The van der Waals surface area contributed by atoms with E-state index < -0.39 is 17.6 Å². The molecule has 1 amide bonds. The minimum absolute atomic E-state index is 0.163. The highest BCUT2D eigenvalue weighted by Gasteiger charge is 2.11. The van der Waals surface area contributed by atoms with Crippen LogP contribution in [-0.2, 0) is 16.0 Å². The SMILES string of the molecule is CCOC(=O)Nc1cc2ncc(CN(C)c3ccc(C(=O)OC)cc3)nc2c(=O)[nH]1. The summed E-state index contributed by atoms with van der Waals surface area (Å²) in [6.45, 7) is 2.29. The second-order valence-corrected chi connectivity index (χ2v) is 6.35. The molecule has 30 heavy (non-hydrogen) atoms. The molecule has 0 aliphatic rings. The first-order chi connectivity index (χ1) is 14.4. The lowest BCUT2D eigenvalue weighted by Crippen LogP contribution is -2.20. The molecule has 0 saturated carbocycles. The number of nitrogens with zero attached hydrogens (tertiary/aromatic N) is 3. The van der Waals surface area contributed by atoms with Gasteiger partial charge in [-0.1, -0.05) is 0 Å². The number of carbonyl (C=O) groups excluding carboxylic acids is 2. The molecule has 0 radical (unpaired) electrons. The Bertz CT molecular complexity index is 1130. The van der Waals surface area contributed by atoms with Crippen LogP contribution in [-0.4, -0.2) is 47.8 Å². The Hall–Kier alpha value is -3.95. The van der Waals surface area contributed by atoms with Gasteiger partial charge in [0.25, 0.3) is 5.56 Å². The molecule has 0 aliphatic heterocycles. The van der Waals surface area contributed by atoms with Gasteiger partial charge in [0.1, 0.15) is 5.82 Å². The van der Waals surface area contributed by atoms with Gasteiger partial charge in [-0.2, -0.15) is 0 Å². The van der Waals surface area contributed by atoms with Gasteiger partial charge >= 0.3 is 12.1 Å². The Morgan fingerprint density at radius 1 is 1.23 bits per heavy atom. The number of nitrogens with one attached hydrogen (secondary N) is 2. The summed E-state index contributed by atoms with van der Waals surface area (Å²) in [5, 5.41) is 2.44. The lowest BCUT2D eigenvalue weighted by atomic mass is 10.2. The third-order valence-corrected chi connectivity index (χ3v) is 4.24. The number of H-pyrrole nitrogens is 1. The number of pyridine rings is 1. The van der Waals surface area contributed by atoms with Crippen LogP contribution in [0.4, 0.5) is 16.3 Å². The Morgan fingerprint density at radius 2 is 1.97 bits per heavy atom. The van der Waals surface area contributed by atoms with Crippen LogP contribution in [0.3, 0.4) is 0 Å². The van der Waals surface area contributed by atoms with E-state index in [-0.39, 0.29) is 17.9 Å². The first-order valence-corrected chi connectivity index (χ1v) is 9.13. The molecule has 2 heterocycles. The van der Waals surface area contributed by atoms with E-state index in [0.717, 1.165) is 5.69 Å². The van der Waals surface area contributed by atoms with Gasteiger partial charge in [0.15, 0.2) is 5.52 Å². The molecule has 3 rings (SSSR count). The van der Waals surface area contributed by atoms with Crippen molar-refractivity contribution in [3.8, 4) is 0 Å². The summed E-state index contributed by atoms with van der Waals surface area (Å²) in [4.78, 5) is 48.6. The van der Waals surface area contributed by atoms with Gasteiger partial charge in [0.05, 0.1) is 43.2 Å². The maximum absolute atomic E-state index is 12.4. The fraction of sp³-hybridized carbons (Fsp3) is 0.250. The maximum Gasteiger partial charge on any atom is 0.412 e. The molecule has 2 aromatic heterocycles. The molecule has 156 valence electrons. The van der Waals surface area contributed by atoms with Gasteiger partial charge < -0.3 is 19.4 Å². The number of amides is 1. The van der Waals surface area contributed by atoms with Gasteiger partial charge in [-0.25, -0.2) is 14.6 Å². The molecule has 0 unspecified atom stereocenters. The number of aromatic nitrogens is 3. The highest BCUT2D eigenvalue weighted by molar-refractivity contribution is 5.89. The van der Waals surface area contributed by atoms with Crippen molar-refractivity contribution < 1.29 is 19.1 Å². The highest BCUT2D eigenvalue weighted by Crippen LogP contribution is 2.17. The van der Waals surface area contributed by atoms with Gasteiger partial charge in [-0.3, -0.25) is 15.1 Å². The first-order valence-electron chi connectivity index (χ1n) is 9.13. The lowest BCUT2D eigenvalue weighted by molar-refractivity contribution is 0.0600. The summed E-state index contributed by atoms with van der Waals surface area (Å²) in [6.07, 6.45) is 0.895. The molecule has 0 spiro atoms. The minimum Gasteiger partial charge on any atom is -0.465 e. The van der Waals surface area contributed by atoms with Crippen LogP contribution < -0.4 is 15.8 Å². The van der Waals surface area contributed by atoms with Crippen molar-refractivity contribution in [2.75, 3.05) is 31.0 Å². The molecule has 0 atom stereocenters. The number of methoxy groups -OCH3 is 1. The highest BCUT2D eigenvalue weighted by atomic mass is 16.5. The van der Waals surface area contributed by atoms with E-state index in [1.807, 2.05) is 11.9 Å². The van der Waals surface area contributed by atoms with Crippen LogP contribution in [0.1, 0.15) is 23.0 Å². The summed E-state index contributed by atoms with van der Waals surface area (Å²) >= 11 is 0. The predicted molar refractivity (Wildman–Crippen MR) is 111 cm³/mol. The van der Waals surface area contributed by atoms with Crippen LogP contribution >= 0.6 is 0 Å². The Kier molecular flexibility index (Phi) is 6.26. The zero-order valence-corrected chi connectivity index (χ0v) is 16.8. The molecule has 0 aliphatic carbocycles. The topological polar surface area (TPSA) is 127 Å². The molecule has 0 fully saturated rings. The van der Waals surface area contributed by atoms with Crippen LogP contribution in [0.2, 0.25) is 0 Å². The van der Waals surface area contributed by atoms with Crippen molar-refractivity contribution in [3.05, 3.63) is 58.1 Å². The largest absolute Gasteiger partial charge is 0.465 e. The van der Waals surface area contributed by atoms with E-state index >= 15 is 0 Å². The number of rotatable bonds is 6. The third-order valence-electron chi connectivity index (χ3n) is 4.24. The quantitative estimate of drug-likeness (QED) is 0.592. The molecular formula is C20H21N5O5. The van der Waals surface area contributed by atoms with E-state index in [0.29, 0.717) is 23.3 Å². The van der Waals surface area contributed by atoms with E-state index in [1.165, 1.54) is 13.2 Å². The fourth-order valence-electron chi connectivity index (χ4n) is 2.79. The van der Waals surface area contributed by atoms with E-state index in [2.05, 4.69) is 20.3 Å². The molecule has 0 bridgehead atoms. The van der Waals surface area contributed by atoms with Crippen LogP contribution in [0.5, 0.6) is 0 Å². The number of carbonyl (C=O) groups is 2. The number of aromatic amines is 1. The second kappa shape index (κ2) is 9.03. The smallest absolute Gasteiger partial charge is 0.412 e. The molecular weight excluding hydrogens is 390 g/mol. The molecule has 0 saturated heterocycles. The van der Waals surface area contributed by atoms with Crippen LogP contribution in [0, 0.1) is 0 Å². The van der Waals surface area contributed by atoms with Crippen molar-refractivity contribution >= 4 is 34.6 Å². The number of benzene rings is 1. The number of fused-ring (bicyclic) bond motifs is 1. The maximum atomic E-state index is 12.4. The van der Waals surface area contributed by atoms with Crippen LogP contribution in [0.15, 0.2) is 41.3 Å². The van der Waals surface area contributed by atoms with Gasteiger partial charge in [0, 0.05) is 18.8 Å². The third kappa shape index (κ3) is 4.72.